The first-order valence-electron chi connectivity index (χ1n) is 20.9. The third kappa shape index (κ3) is 20.1. The average Bonchev–Trinajstić information content (AvgIpc) is 3.16. The number of hydrogen-bond acceptors (Lipinski definition) is 4. The molecule has 1 saturated heterocycles. The van der Waals surface area contributed by atoms with Crippen LogP contribution in [0.3, 0.4) is 0 Å². The fourth-order valence-electron chi connectivity index (χ4n) is 7.34. The van der Waals surface area contributed by atoms with E-state index in [0.717, 1.165) is 77.7 Å². The Hall–Kier alpha value is -2.90. The van der Waals surface area contributed by atoms with Crippen molar-refractivity contribution < 1.29 is 14.4 Å². The van der Waals surface area contributed by atoms with E-state index in [1.807, 2.05) is 17.0 Å². The Balaban J connectivity index is 1.23. The molecule has 1 N–H and O–H groups in total. The number of carbonyl (C=O) groups excluding carboxylic acids is 2. The number of urea groups is 1. The van der Waals surface area contributed by atoms with E-state index in [4.69, 9.17) is 4.84 Å². The standard InChI is InChI=1S/C44H72N4O3/c1-2-3-4-5-6-7-8-9-10-11-12-13-14-15-16-24-33-45-44(50)48-36-25-23-31-43(48)32-37-51-47(40-49)35-26-34-46(38-41-27-19-17-20-28-41)39-42-29-21-18-22-30-42/h17-22,27-30,40,43H,2-16,23-26,31-39H2,1H3,(H,45,50). The first-order chi connectivity index (χ1) is 25.2. The van der Waals surface area contributed by atoms with E-state index in [2.05, 4.69) is 65.7 Å². The highest BCUT2D eigenvalue weighted by Crippen LogP contribution is 2.20. The smallest absolute Gasteiger partial charge is 0.317 e. The van der Waals surface area contributed by atoms with Crippen LogP contribution in [0.4, 0.5) is 4.79 Å². The van der Waals surface area contributed by atoms with Crippen molar-refractivity contribution in [3.8, 4) is 0 Å². The number of benzene rings is 2. The number of hydrogen-bond donors (Lipinski definition) is 1. The molecule has 1 unspecified atom stereocenters. The Morgan fingerprint density at radius 2 is 1.25 bits per heavy atom. The molecule has 3 rings (SSSR count). The molecular weight excluding hydrogens is 633 g/mol. The zero-order valence-electron chi connectivity index (χ0n) is 32.3. The summed E-state index contributed by atoms with van der Waals surface area (Å²) in [4.78, 5) is 35.3. The summed E-state index contributed by atoms with van der Waals surface area (Å²) in [5.74, 6) is 0. The highest BCUT2D eigenvalue weighted by atomic mass is 16.7. The summed E-state index contributed by atoms with van der Waals surface area (Å²) in [6.45, 7) is 7.38. The van der Waals surface area contributed by atoms with Gasteiger partial charge in [-0.15, -0.1) is 0 Å². The molecule has 1 heterocycles. The van der Waals surface area contributed by atoms with Gasteiger partial charge in [0, 0.05) is 45.3 Å². The zero-order valence-corrected chi connectivity index (χ0v) is 32.3. The van der Waals surface area contributed by atoms with Crippen molar-refractivity contribution in [2.75, 3.05) is 32.8 Å². The highest BCUT2D eigenvalue weighted by molar-refractivity contribution is 5.74. The third-order valence-corrected chi connectivity index (χ3v) is 10.4. The Morgan fingerprint density at radius 3 is 1.78 bits per heavy atom. The van der Waals surface area contributed by atoms with Gasteiger partial charge < -0.3 is 10.2 Å². The van der Waals surface area contributed by atoms with Crippen LogP contribution in [0.15, 0.2) is 60.7 Å². The van der Waals surface area contributed by atoms with Gasteiger partial charge in [0.15, 0.2) is 0 Å². The molecule has 1 aliphatic rings. The Kier molecular flexibility index (Phi) is 23.9. The quantitative estimate of drug-likeness (QED) is 0.0499. The van der Waals surface area contributed by atoms with Crippen LogP contribution >= 0.6 is 0 Å². The fraction of sp³-hybridized carbons (Fsp3) is 0.682. The number of rotatable bonds is 30. The molecule has 2 aromatic rings. The van der Waals surface area contributed by atoms with Crippen molar-refractivity contribution in [1.82, 2.24) is 20.2 Å². The largest absolute Gasteiger partial charge is 0.338 e. The highest BCUT2D eigenvalue weighted by Gasteiger charge is 2.26. The molecule has 286 valence electrons. The van der Waals surface area contributed by atoms with E-state index in [-0.39, 0.29) is 12.1 Å². The molecule has 0 radical (unpaired) electrons. The van der Waals surface area contributed by atoms with Gasteiger partial charge in [0.05, 0.1) is 6.61 Å². The van der Waals surface area contributed by atoms with Crippen LogP contribution in [-0.4, -0.2) is 66.1 Å². The van der Waals surface area contributed by atoms with Gasteiger partial charge in [-0.2, -0.15) is 0 Å². The van der Waals surface area contributed by atoms with Gasteiger partial charge in [-0.1, -0.05) is 164 Å². The van der Waals surface area contributed by atoms with Crippen LogP contribution in [-0.2, 0) is 22.7 Å². The second-order valence-electron chi connectivity index (χ2n) is 14.8. The van der Waals surface area contributed by atoms with Crippen LogP contribution in [0.25, 0.3) is 0 Å². The van der Waals surface area contributed by atoms with Crippen molar-refractivity contribution in [3.63, 3.8) is 0 Å². The SMILES string of the molecule is CCCCCCCCCCCCCCCCCCNC(=O)N1CCCCC1CCON(C=O)CCCN(Cc1ccccc1)Cc1ccccc1. The lowest BCUT2D eigenvalue weighted by atomic mass is 10.00. The maximum absolute atomic E-state index is 13.1. The molecule has 0 saturated carbocycles. The number of unbranched alkanes of at least 4 members (excludes halogenated alkanes) is 15. The summed E-state index contributed by atoms with van der Waals surface area (Å²) in [6.07, 6.45) is 27.2. The van der Waals surface area contributed by atoms with Crippen molar-refractivity contribution in [3.05, 3.63) is 71.8 Å². The molecule has 1 aliphatic heterocycles. The number of likely N-dealkylation sites (tertiary alicyclic amines) is 1. The molecule has 51 heavy (non-hydrogen) atoms. The predicted octanol–water partition coefficient (Wildman–Crippen LogP) is 10.7. The van der Waals surface area contributed by atoms with E-state index >= 15 is 0 Å². The maximum atomic E-state index is 13.1. The van der Waals surface area contributed by atoms with Crippen LogP contribution in [0, 0.1) is 0 Å². The van der Waals surface area contributed by atoms with Crippen LogP contribution in [0.5, 0.6) is 0 Å². The van der Waals surface area contributed by atoms with Crippen LogP contribution < -0.4 is 5.32 Å². The molecule has 7 nitrogen and oxygen atoms in total. The van der Waals surface area contributed by atoms with Gasteiger partial charge >= 0.3 is 6.03 Å². The zero-order chi connectivity index (χ0) is 36.0. The molecular formula is C44H72N4O3. The lowest BCUT2D eigenvalue weighted by molar-refractivity contribution is -0.174. The second kappa shape index (κ2) is 28.7. The first-order valence-corrected chi connectivity index (χ1v) is 20.9. The number of piperidine rings is 1. The van der Waals surface area contributed by atoms with Crippen molar-refractivity contribution in [2.24, 2.45) is 0 Å². The lowest BCUT2D eigenvalue weighted by Crippen LogP contribution is -2.49. The molecule has 0 aromatic heterocycles. The summed E-state index contributed by atoms with van der Waals surface area (Å²) in [5.41, 5.74) is 2.56. The van der Waals surface area contributed by atoms with Gasteiger partial charge in [0.25, 0.3) is 0 Å². The molecule has 0 bridgehead atoms. The van der Waals surface area contributed by atoms with E-state index in [0.29, 0.717) is 13.2 Å². The van der Waals surface area contributed by atoms with E-state index < -0.39 is 0 Å². The summed E-state index contributed by atoms with van der Waals surface area (Å²) in [7, 11) is 0. The van der Waals surface area contributed by atoms with E-state index in [1.54, 1.807) is 0 Å². The van der Waals surface area contributed by atoms with Crippen LogP contribution in [0.1, 0.15) is 153 Å². The molecule has 2 aromatic carbocycles. The number of hydroxylamine groups is 2. The Morgan fingerprint density at radius 1 is 0.725 bits per heavy atom. The van der Waals surface area contributed by atoms with Gasteiger partial charge in [-0.05, 0) is 49.7 Å². The normalized spacial score (nSPS) is 14.5. The fourth-order valence-corrected chi connectivity index (χ4v) is 7.34. The molecule has 1 atom stereocenters. The molecule has 1 fully saturated rings. The van der Waals surface area contributed by atoms with E-state index in [9.17, 15) is 9.59 Å². The van der Waals surface area contributed by atoms with Gasteiger partial charge in [0.1, 0.15) is 0 Å². The Labute approximate surface area is 311 Å². The lowest BCUT2D eigenvalue weighted by Gasteiger charge is -2.36. The monoisotopic (exact) mass is 705 g/mol. The first kappa shape index (κ1) is 42.5. The maximum Gasteiger partial charge on any atom is 0.317 e. The summed E-state index contributed by atoms with van der Waals surface area (Å²) < 4.78 is 0. The summed E-state index contributed by atoms with van der Waals surface area (Å²) >= 11 is 0. The van der Waals surface area contributed by atoms with Crippen molar-refractivity contribution in [2.45, 2.75) is 161 Å². The topological polar surface area (TPSA) is 65.1 Å². The number of nitrogens with one attached hydrogen (secondary N) is 1. The van der Waals surface area contributed by atoms with Crippen LogP contribution in [0.2, 0.25) is 0 Å². The van der Waals surface area contributed by atoms with Gasteiger partial charge in [0.2, 0.25) is 6.41 Å². The minimum absolute atomic E-state index is 0.0600. The Bertz CT molecular complexity index is 1080. The van der Waals surface area contributed by atoms with Crippen molar-refractivity contribution >= 4 is 12.4 Å². The van der Waals surface area contributed by atoms with Crippen molar-refractivity contribution in [1.29, 1.82) is 0 Å². The molecule has 3 amide bonds. The van der Waals surface area contributed by atoms with Gasteiger partial charge in [-0.25, -0.2) is 9.86 Å². The summed E-state index contributed by atoms with van der Waals surface area (Å²) in [6, 6.07) is 21.3. The minimum atomic E-state index is 0.0600. The predicted molar refractivity (Wildman–Crippen MR) is 212 cm³/mol. The van der Waals surface area contributed by atoms with Gasteiger partial charge in [-0.3, -0.25) is 14.5 Å². The molecule has 7 heteroatoms. The number of amides is 3. The number of carbonyl (C=O) groups is 2. The minimum Gasteiger partial charge on any atom is -0.338 e. The summed E-state index contributed by atoms with van der Waals surface area (Å²) in [5, 5.41) is 4.63. The second-order valence-corrected chi connectivity index (χ2v) is 14.8. The number of nitrogens with zero attached hydrogens (tertiary/aromatic N) is 3. The molecule has 0 aliphatic carbocycles. The van der Waals surface area contributed by atoms with E-state index in [1.165, 1.54) is 113 Å². The average molecular weight is 705 g/mol. The molecule has 0 spiro atoms. The third-order valence-electron chi connectivity index (χ3n) is 10.4.